The van der Waals surface area contributed by atoms with Gasteiger partial charge in [0.2, 0.25) is 0 Å². The fraction of sp³-hybridized carbons (Fsp3) is 0.308. The first-order valence-electron chi connectivity index (χ1n) is 5.58. The zero-order chi connectivity index (χ0) is 13.1. The summed E-state index contributed by atoms with van der Waals surface area (Å²) in [6.45, 7) is 2.01. The molecule has 1 heterocycles. The molecule has 18 heavy (non-hydrogen) atoms. The van der Waals surface area contributed by atoms with Crippen LogP contribution in [0.1, 0.15) is 11.3 Å². The second kappa shape index (κ2) is 5.35. The monoisotopic (exact) mass is 264 g/mol. The molecule has 2 rings (SSSR count). The Hall–Kier alpha value is -1.62. The molecule has 4 nitrogen and oxygen atoms in total. The van der Waals surface area contributed by atoms with Crippen LogP contribution in [-0.2, 0) is 5.75 Å². The Balaban J connectivity index is 2.57. The van der Waals surface area contributed by atoms with Crippen molar-refractivity contribution in [3.63, 3.8) is 0 Å². The maximum atomic E-state index is 5.36. The summed E-state index contributed by atoms with van der Waals surface area (Å²) < 4.78 is 12.4. The van der Waals surface area contributed by atoms with E-state index < -0.39 is 0 Å². The maximum Gasteiger partial charge on any atom is 0.144 e. The normalized spacial score (nSPS) is 10.4. The largest absolute Gasteiger partial charge is 0.497 e. The van der Waals surface area contributed by atoms with Crippen LogP contribution in [-0.4, -0.2) is 24.0 Å². The van der Waals surface area contributed by atoms with Gasteiger partial charge < -0.3 is 9.47 Å². The fourth-order valence-electron chi connectivity index (χ4n) is 1.80. The van der Waals surface area contributed by atoms with Gasteiger partial charge in [-0.2, -0.15) is 17.7 Å². The van der Waals surface area contributed by atoms with Crippen molar-refractivity contribution >= 4 is 12.6 Å². The minimum atomic E-state index is 0.665. The summed E-state index contributed by atoms with van der Waals surface area (Å²) in [7, 11) is 3.28. The molecule has 0 amide bonds. The van der Waals surface area contributed by atoms with Crippen molar-refractivity contribution in [3.8, 4) is 17.2 Å². The second-order valence-corrected chi connectivity index (χ2v) is 4.18. The average Bonchev–Trinajstić information content (AvgIpc) is 2.78. The maximum absolute atomic E-state index is 5.36. The van der Waals surface area contributed by atoms with Crippen molar-refractivity contribution in [1.82, 2.24) is 9.78 Å². The van der Waals surface area contributed by atoms with E-state index in [1.165, 1.54) is 0 Å². The molecule has 0 radical (unpaired) electrons. The van der Waals surface area contributed by atoms with Gasteiger partial charge >= 0.3 is 0 Å². The molecule has 0 saturated heterocycles. The molecule has 0 fully saturated rings. The van der Waals surface area contributed by atoms with E-state index in [0.29, 0.717) is 5.75 Å². The summed E-state index contributed by atoms with van der Waals surface area (Å²) >= 11 is 4.28. The van der Waals surface area contributed by atoms with E-state index in [2.05, 4.69) is 17.7 Å². The number of benzene rings is 1. The molecular formula is C13H16N2O2S. The van der Waals surface area contributed by atoms with Crippen LogP contribution in [0.25, 0.3) is 5.69 Å². The van der Waals surface area contributed by atoms with Crippen molar-refractivity contribution in [2.45, 2.75) is 12.7 Å². The molecule has 2 aromatic rings. The first-order chi connectivity index (χ1) is 8.71. The molecule has 0 unspecified atom stereocenters. The molecule has 0 aliphatic rings. The van der Waals surface area contributed by atoms with Gasteiger partial charge in [0.25, 0.3) is 0 Å². The van der Waals surface area contributed by atoms with Crippen molar-refractivity contribution < 1.29 is 9.47 Å². The van der Waals surface area contributed by atoms with E-state index in [0.717, 1.165) is 28.4 Å². The van der Waals surface area contributed by atoms with Gasteiger partial charge in [-0.3, -0.25) is 0 Å². The molecule has 1 aromatic heterocycles. The number of hydrogen-bond donors (Lipinski definition) is 1. The van der Waals surface area contributed by atoms with Gasteiger partial charge in [0, 0.05) is 23.1 Å². The Morgan fingerprint density at radius 3 is 2.61 bits per heavy atom. The fourth-order valence-corrected chi connectivity index (χ4v) is 2.11. The van der Waals surface area contributed by atoms with Gasteiger partial charge in [0.15, 0.2) is 0 Å². The number of rotatable bonds is 4. The van der Waals surface area contributed by atoms with Crippen molar-refractivity contribution in [2.24, 2.45) is 0 Å². The number of ether oxygens (including phenoxy) is 2. The molecule has 0 bridgehead atoms. The average molecular weight is 264 g/mol. The molecular weight excluding hydrogens is 248 g/mol. The number of methoxy groups -OCH3 is 2. The van der Waals surface area contributed by atoms with Crippen LogP contribution >= 0.6 is 12.6 Å². The predicted molar refractivity (Wildman–Crippen MR) is 74.1 cm³/mol. The smallest absolute Gasteiger partial charge is 0.144 e. The topological polar surface area (TPSA) is 36.3 Å². The van der Waals surface area contributed by atoms with Crippen LogP contribution in [0, 0.1) is 6.92 Å². The van der Waals surface area contributed by atoms with Gasteiger partial charge in [0.1, 0.15) is 17.2 Å². The zero-order valence-corrected chi connectivity index (χ0v) is 11.6. The number of hydrogen-bond acceptors (Lipinski definition) is 4. The lowest BCUT2D eigenvalue weighted by Gasteiger charge is -2.12. The lowest BCUT2D eigenvalue weighted by atomic mass is 10.2. The highest BCUT2D eigenvalue weighted by atomic mass is 32.1. The van der Waals surface area contributed by atoms with Crippen molar-refractivity contribution in [2.75, 3.05) is 14.2 Å². The standard InChI is InChI=1S/C13H16N2O2S/c1-9-10(8-18)7-14-15(9)12-6-11(16-2)4-5-13(12)17-3/h4-7,18H,8H2,1-3H3. The second-order valence-electron chi connectivity index (χ2n) is 3.86. The third-order valence-electron chi connectivity index (χ3n) is 2.90. The molecule has 0 spiro atoms. The molecule has 96 valence electrons. The molecule has 0 N–H and O–H groups in total. The van der Waals surface area contributed by atoms with E-state index >= 15 is 0 Å². The summed E-state index contributed by atoms with van der Waals surface area (Å²) in [6.07, 6.45) is 1.82. The minimum Gasteiger partial charge on any atom is -0.497 e. The lowest BCUT2D eigenvalue weighted by Crippen LogP contribution is -2.02. The summed E-state index contributed by atoms with van der Waals surface area (Å²) in [5.41, 5.74) is 3.02. The summed E-state index contributed by atoms with van der Waals surface area (Å²) in [5, 5.41) is 4.37. The van der Waals surface area contributed by atoms with E-state index in [1.54, 1.807) is 14.2 Å². The van der Waals surface area contributed by atoms with E-state index in [1.807, 2.05) is 36.0 Å². The van der Waals surface area contributed by atoms with Gasteiger partial charge in [-0.25, -0.2) is 4.68 Å². The third-order valence-corrected chi connectivity index (χ3v) is 3.24. The van der Waals surface area contributed by atoms with Crippen LogP contribution in [0.2, 0.25) is 0 Å². The van der Waals surface area contributed by atoms with Gasteiger partial charge in [-0.1, -0.05) is 0 Å². The highest BCUT2D eigenvalue weighted by Crippen LogP contribution is 2.28. The molecule has 0 atom stereocenters. The van der Waals surface area contributed by atoms with Crippen LogP contribution in [0.4, 0.5) is 0 Å². The Kier molecular flexibility index (Phi) is 3.81. The first-order valence-corrected chi connectivity index (χ1v) is 6.21. The molecule has 0 saturated carbocycles. The summed E-state index contributed by atoms with van der Waals surface area (Å²) in [5.74, 6) is 2.19. The summed E-state index contributed by atoms with van der Waals surface area (Å²) in [4.78, 5) is 0. The van der Waals surface area contributed by atoms with Gasteiger partial charge in [-0.05, 0) is 19.1 Å². The number of nitrogens with zero attached hydrogens (tertiary/aromatic N) is 2. The Bertz CT molecular complexity index is 552. The quantitative estimate of drug-likeness (QED) is 0.862. The SMILES string of the molecule is COc1ccc(OC)c(-n2ncc(CS)c2C)c1. The summed E-state index contributed by atoms with van der Waals surface area (Å²) in [6, 6.07) is 5.64. The van der Waals surface area contributed by atoms with Gasteiger partial charge in [0.05, 0.1) is 20.4 Å². The highest BCUT2D eigenvalue weighted by Gasteiger charge is 2.12. The predicted octanol–water partition coefficient (Wildman–Crippen LogP) is 2.63. The number of aromatic nitrogens is 2. The van der Waals surface area contributed by atoms with Crippen LogP contribution in [0.15, 0.2) is 24.4 Å². The van der Waals surface area contributed by atoms with Gasteiger partial charge in [-0.15, -0.1) is 0 Å². The zero-order valence-electron chi connectivity index (χ0n) is 10.7. The van der Waals surface area contributed by atoms with E-state index in [9.17, 15) is 0 Å². The highest BCUT2D eigenvalue weighted by molar-refractivity contribution is 7.79. The van der Waals surface area contributed by atoms with E-state index in [4.69, 9.17) is 9.47 Å². The molecule has 5 heteroatoms. The lowest BCUT2D eigenvalue weighted by molar-refractivity contribution is 0.400. The first kappa shape index (κ1) is 12.8. The molecule has 0 aliphatic heterocycles. The van der Waals surface area contributed by atoms with Crippen LogP contribution < -0.4 is 9.47 Å². The molecule has 1 aromatic carbocycles. The minimum absolute atomic E-state index is 0.665. The Morgan fingerprint density at radius 2 is 2.06 bits per heavy atom. The van der Waals surface area contributed by atoms with E-state index in [-0.39, 0.29) is 0 Å². The van der Waals surface area contributed by atoms with Crippen molar-refractivity contribution in [3.05, 3.63) is 35.7 Å². The molecule has 0 aliphatic carbocycles. The third kappa shape index (κ3) is 2.18. The Labute approximate surface area is 112 Å². The number of thiol groups is 1. The van der Waals surface area contributed by atoms with Crippen LogP contribution in [0.3, 0.4) is 0 Å². The van der Waals surface area contributed by atoms with Crippen molar-refractivity contribution in [1.29, 1.82) is 0 Å². The Morgan fingerprint density at radius 1 is 1.28 bits per heavy atom. The van der Waals surface area contributed by atoms with Crippen LogP contribution in [0.5, 0.6) is 11.5 Å².